The van der Waals surface area contributed by atoms with E-state index in [1.807, 2.05) is 54.6 Å². The van der Waals surface area contributed by atoms with Crippen molar-refractivity contribution in [3.63, 3.8) is 0 Å². The average molecular weight is 327 g/mol. The van der Waals surface area contributed by atoms with Crippen LogP contribution in [-0.2, 0) is 0 Å². The summed E-state index contributed by atoms with van der Waals surface area (Å²) in [7, 11) is 1.68. The molecule has 0 saturated carbocycles. The summed E-state index contributed by atoms with van der Waals surface area (Å²) in [6.07, 6.45) is 3.54. The maximum atomic E-state index is 5.50. The van der Waals surface area contributed by atoms with Crippen LogP contribution in [0, 0.1) is 0 Å². The molecule has 4 rings (SSSR count). The fourth-order valence-corrected chi connectivity index (χ4v) is 2.86. The molecule has 4 aromatic rings. The lowest BCUT2D eigenvalue weighted by Crippen LogP contribution is -1.96. The predicted octanol–water partition coefficient (Wildman–Crippen LogP) is 5.05. The summed E-state index contributed by atoms with van der Waals surface area (Å²) in [5, 5.41) is 4.54. The largest absolute Gasteiger partial charge is 0.496 e. The molecule has 0 aliphatic rings. The highest BCUT2D eigenvalue weighted by atomic mass is 16.5. The third-order valence-electron chi connectivity index (χ3n) is 4.06. The molecule has 0 atom stereocenters. The number of fused-ring (bicyclic) bond motifs is 1. The Morgan fingerprint density at radius 2 is 1.64 bits per heavy atom. The predicted molar refractivity (Wildman–Crippen MR) is 101 cm³/mol. The van der Waals surface area contributed by atoms with E-state index < -0.39 is 0 Å². The van der Waals surface area contributed by atoms with Crippen molar-refractivity contribution in [3.8, 4) is 17.0 Å². The monoisotopic (exact) mass is 327 g/mol. The van der Waals surface area contributed by atoms with Gasteiger partial charge in [0.15, 0.2) is 0 Å². The van der Waals surface area contributed by atoms with E-state index in [9.17, 15) is 0 Å². The van der Waals surface area contributed by atoms with Gasteiger partial charge in [0.05, 0.1) is 24.0 Å². The summed E-state index contributed by atoms with van der Waals surface area (Å²) in [6.45, 7) is 0. The number of pyridine rings is 2. The van der Waals surface area contributed by atoms with Crippen LogP contribution in [0.1, 0.15) is 0 Å². The standard InChI is InChI=1S/C21H17N3O/c1-25-21-9-5-3-7-17(21)20-14-19(23-15-10-12-22-13-11-15)16-6-2-4-8-18(16)24-20/h2-14H,1H3,(H,22,23,24). The van der Waals surface area contributed by atoms with Crippen LogP contribution in [0.4, 0.5) is 11.4 Å². The number of aromatic nitrogens is 2. The minimum absolute atomic E-state index is 0.806. The molecule has 0 fully saturated rings. The first kappa shape index (κ1) is 15.1. The van der Waals surface area contributed by atoms with E-state index in [2.05, 4.69) is 22.4 Å². The fraction of sp³-hybridized carbons (Fsp3) is 0.0476. The summed E-state index contributed by atoms with van der Waals surface area (Å²) >= 11 is 0. The number of rotatable bonds is 4. The second-order valence-corrected chi connectivity index (χ2v) is 5.63. The average Bonchev–Trinajstić information content (AvgIpc) is 2.68. The van der Waals surface area contributed by atoms with Gasteiger partial charge in [-0.3, -0.25) is 4.98 Å². The molecule has 2 aromatic carbocycles. The summed E-state index contributed by atoms with van der Waals surface area (Å²) in [6, 6.07) is 22.0. The molecule has 0 saturated heterocycles. The van der Waals surface area contributed by atoms with Crippen LogP contribution in [0.2, 0.25) is 0 Å². The maximum Gasteiger partial charge on any atom is 0.128 e. The Hall–Kier alpha value is -3.40. The van der Waals surface area contributed by atoms with E-state index in [0.29, 0.717) is 0 Å². The Labute approximate surface area is 146 Å². The Balaban J connectivity index is 1.89. The van der Waals surface area contributed by atoms with Crippen molar-refractivity contribution in [2.24, 2.45) is 0 Å². The normalized spacial score (nSPS) is 10.6. The molecule has 2 heterocycles. The molecule has 25 heavy (non-hydrogen) atoms. The minimum atomic E-state index is 0.806. The van der Waals surface area contributed by atoms with E-state index in [4.69, 9.17) is 9.72 Å². The lowest BCUT2D eigenvalue weighted by atomic mass is 10.1. The molecule has 0 radical (unpaired) electrons. The van der Waals surface area contributed by atoms with E-state index >= 15 is 0 Å². The van der Waals surface area contributed by atoms with Crippen molar-refractivity contribution < 1.29 is 4.74 Å². The third kappa shape index (κ3) is 3.02. The van der Waals surface area contributed by atoms with E-state index in [-0.39, 0.29) is 0 Å². The van der Waals surface area contributed by atoms with Gasteiger partial charge in [-0.1, -0.05) is 30.3 Å². The fourth-order valence-electron chi connectivity index (χ4n) is 2.86. The number of nitrogens with zero attached hydrogens (tertiary/aromatic N) is 2. The zero-order chi connectivity index (χ0) is 17.1. The Kier molecular flexibility index (Phi) is 4.01. The summed E-state index contributed by atoms with van der Waals surface area (Å²) in [5.41, 5.74) is 4.75. The summed E-state index contributed by atoms with van der Waals surface area (Å²) in [4.78, 5) is 8.89. The number of benzene rings is 2. The smallest absolute Gasteiger partial charge is 0.128 e. The zero-order valence-electron chi connectivity index (χ0n) is 13.8. The minimum Gasteiger partial charge on any atom is -0.496 e. The number of hydrogen-bond donors (Lipinski definition) is 1. The molecule has 0 amide bonds. The Morgan fingerprint density at radius 3 is 2.48 bits per heavy atom. The molecule has 0 aliphatic heterocycles. The number of para-hydroxylation sites is 2. The number of methoxy groups -OCH3 is 1. The maximum absolute atomic E-state index is 5.50. The summed E-state index contributed by atoms with van der Waals surface area (Å²) in [5.74, 6) is 0.806. The van der Waals surface area contributed by atoms with Gasteiger partial charge < -0.3 is 10.1 Å². The lowest BCUT2D eigenvalue weighted by molar-refractivity contribution is 0.416. The van der Waals surface area contributed by atoms with E-state index in [1.54, 1.807) is 19.5 Å². The second-order valence-electron chi connectivity index (χ2n) is 5.63. The van der Waals surface area contributed by atoms with Gasteiger partial charge >= 0.3 is 0 Å². The topological polar surface area (TPSA) is 47.0 Å². The number of hydrogen-bond acceptors (Lipinski definition) is 4. The highest BCUT2D eigenvalue weighted by molar-refractivity contribution is 5.95. The van der Waals surface area contributed by atoms with Crippen LogP contribution in [0.25, 0.3) is 22.2 Å². The highest BCUT2D eigenvalue weighted by Gasteiger charge is 2.11. The van der Waals surface area contributed by atoms with Crippen LogP contribution < -0.4 is 10.1 Å². The molecule has 0 unspecified atom stereocenters. The van der Waals surface area contributed by atoms with Crippen LogP contribution in [0.3, 0.4) is 0 Å². The van der Waals surface area contributed by atoms with Gasteiger partial charge in [-0.15, -0.1) is 0 Å². The van der Waals surface area contributed by atoms with Gasteiger partial charge in [-0.2, -0.15) is 0 Å². The van der Waals surface area contributed by atoms with Crippen LogP contribution >= 0.6 is 0 Å². The first-order valence-electron chi connectivity index (χ1n) is 8.05. The first-order chi connectivity index (χ1) is 12.3. The third-order valence-corrected chi connectivity index (χ3v) is 4.06. The molecule has 122 valence electrons. The second kappa shape index (κ2) is 6.61. The zero-order valence-corrected chi connectivity index (χ0v) is 13.8. The van der Waals surface area contributed by atoms with Gasteiger partial charge in [0.2, 0.25) is 0 Å². The van der Waals surface area contributed by atoms with Gasteiger partial charge in [0.1, 0.15) is 5.75 Å². The SMILES string of the molecule is COc1ccccc1-c1cc(Nc2ccncc2)c2ccccc2n1. The number of ether oxygens (including phenoxy) is 1. The quantitative estimate of drug-likeness (QED) is 0.570. The molecule has 2 aromatic heterocycles. The summed E-state index contributed by atoms with van der Waals surface area (Å²) < 4.78 is 5.50. The highest BCUT2D eigenvalue weighted by Crippen LogP contribution is 2.34. The van der Waals surface area contributed by atoms with Crippen molar-refractivity contribution in [1.29, 1.82) is 0 Å². The van der Waals surface area contributed by atoms with Gasteiger partial charge in [-0.25, -0.2) is 4.98 Å². The molecule has 0 aliphatic carbocycles. The molecule has 4 heteroatoms. The van der Waals surface area contributed by atoms with Gasteiger partial charge in [-0.05, 0) is 36.4 Å². The van der Waals surface area contributed by atoms with Crippen LogP contribution in [-0.4, -0.2) is 17.1 Å². The van der Waals surface area contributed by atoms with E-state index in [1.165, 1.54) is 0 Å². The van der Waals surface area contributed by atoms with Crippen molar-refractivity contribution in [2.75, 3.05) is 12.4 Å². The molecular formula is C21H17N3O. The van der Waals surface area contributed by atoms with Crippen molar-refractivity contribution in [3.05, 3.63) is 79.1 Å². The molecule has 1 N–H and O–H groups in total. The molecule has 0 bridgehead atoms. The van der Waals surface area contributed by atoms with Crippen LogP contribution in [0.15, 0.2) is 79.1 Å². The first-order valence-corrected chi connectivity index (χ1v) is 8.05. The molecule has 4 nitrogen and oxygen atoms in total. The number of nitrogens with one attached hydrogen (secondary N) is 1. The van der Waals surface area contributed by atoms with Gasteiger partial charge in [0.25, 0.3) is 0 Å². The Bertz CT molecular complexity index is 1020. The van der Waals surface area contributed by atoms with Crippen molar-refractivity contribution in [1.82, 2.24) is 9.97 Å². The van der Waals surface area contributed by atoms with Crippen molar-refractivity contribution >= 4 is 22.3 Å². The lowest BCUT2D eigenvalue weighted by Gasteiger charge is -2.13. The van der Waals surface area contributed by atoms with Crippen LogP contribution in [0.5, 0.6) is 5.75 Å². The molecular weight excluding hydrogens is 310 g/mol. The molecule has 0 spiro atoms. The Morgan fingerprint density at radius 1 is 0.880 bits per heavy atom. The van der Waals surface area contributed by atoms with Crippen molar-refractivity contribution in [2.45, 2.75) is 0 Å². The number of anilines is 2. The van der Waals surface area contributed by atoms with E-state index in [0.717, 1.165) is 39.3 Å². The van der Waals surface area contributed by atoms with Gasteiger partial charge in [0, 0.05) is 29.0 Å².